The third-order valence-electron chi connectivity index (χ3n) is 3.77. The lowest BCUT2D eigenvalue weighted by Crippen LogP contribution is -2.63. The van der Waals surface area contributed by atoms with Crippen LogP contribution in [0.1, 0.15) is 12.5 Å². The summed E-state index contributed by atoms with van der Waals surface area (Å²) in [6.07, 6.45) is -6.11. The standard InChI is InChI=1S/C14H10F9NO2/c1-2-7-5-3-4-6-8(7)24-9(25)10(15,16)13(21)11(17,18)12(19,20)14(22,23)26-13/h3-6H,2H2,1H3,(H,24,25)/t13-/m0/s1. The molecule has 0 unspecified atom stereocenters. The van der Waals surface area contributed by atoms with Crippen LogP contribution in [0, 0.1) is 0 Å². The Bertz CT molecular complexity index is 722. The number of carbonyl (C=O) groups excluding carboxylic acids is 1. The summed E-state index contributed by atoms with van der Waals surface area (Å²) in [4.78, 5) is 11.6. The minimum absolute atomic E-state index is 0.158. The summed E-state index contributed by atoms with van der Waals surface area (Å²) < 4.78 is 123. The van der Waals surface area contributed by atoms with E-state index in [1.165, 1.54) is 30.4 Å². The predicted molar refractivity (Wildman–Crippen MR) is 69.2 cm³/mol. The van der Waals surface area contributed by atoms with Crippen molar-refractivity contribution in [3.63, 3.8) is 0 Å². The maximum atomic E-state index is 14.1. The van der Waals surface area contributed by atoms with Crippen molar-refractivity contribution in [2.75, 3.05) is 5.32 Å². The van der Waals surface area contributed by atoms with Gasteiger partial charge in [0.25, 0.3) is 0 Å². The van der Waals surface area contributed by atoms with E-state index in [2.05, 4.69) is 4.74 Å². The van der Waals surface area contributed by atoms with Gasteiger partial charge >= 0.3 is 35.6 Å². The molecule has 0 spiro atoms. The molecule has 1 fully saturated rings. The number of hydrogen-bond donors (Lipinski definition) is 1. The van der Waals surface area contributed by atoms with Crippen LogP contribution in [0.3, 0.4) is 0 Å². The van der Waals surface area contributed by atoms with E-state index in [1.807, 2.05) is 0 Å². The van der Waals surface area contributed by atoms with Gasteiger partial charge < -0.3 is 5.32 Å². The highest BCUT2D eigenvalue weighted by atomic mass is 19.4. The largest absolute Gasteiger partial charge is 0.428 e. The van der Waals surface area contributed by atoms with Crippen LogP contribution in [-0.4, -0.2) is 35.6 Å². The molecule has 2 rings (SSSR count). The Kier molecular flexibility index (Phi) is 4.50. The van der Waals surface area contributed by atoms with E-state index < -0.39 is 35.6 Å². The Morgan fingerprint density at radius 2 is 1.58 bits per heavy atom. The number of rotatable bonds is 4. The number of aryl methyl sites for hydroxylation is 1. The summed E-state index contributed by atoms with van der Waals surface area (Å²) in [5.74, 6) is -28.5. The summed E-state index contributed by atoms with van der Waals surface area (Å²) in [5, 5.41) is 1.36. The van der Waals surface area contributed by atoms with Crippen LogP contribution in [0.5, 0.6) is 0 Å². The van der Waals surface area contributed by atoms with Crippen molar-refractivity contribution in [1.82, 2.24) is 0 Å². The molecule has 1 aliphatic heterocycles. The van der Waals surface area contributed by atoms with Crippen LogP contribution in [0.2, 0.25) is 0 Å². The van der Waals surface area contributed by atoms with Gasteiger partial charge in [0.15, 0.2) is 0 Å². The van der Waals surface area contributed by atoms with Crippen molar-refractivity contribution in [1.29, 1.82) is 0 Å². The van der Waals surface area contributed by atoms with E-state index in [9.17, 15) is 44.3 Å². The summed E-state index contributed by atoms with van der Waals surface area (Å²) >= 11 is 0. The Labute approximate surface area is 140 Å². The van der Waals surface area contributed by atoms with Crippen molar-refractivity contribution in [3.05, 3.63) is 29.8 Å². The smallest absolute Gasteiger partial charge is 0.320 e. The fraction of sp³-hybridized carbons (Fsp3) is 0.500. The lowest BCUT2D eigenvalue weighted by molar-refractivity contribution is -0.366. The highest BCUT2D eigenvalue weighted by Crippen LogP contribution is 2.64. The van der Waals surface area contributed by atoms with E-state index in [0.29, 0.717) is 0 Å². The fourth-order valence-electron chi connectivity index (χ4n) is 2.25. The maximum Gasteiger partial charge on any atom is 0.428 e. The number of ether oxygens (including phenoxy) is 1. The van der Waals surface area contributed by atoms with E-state index in [4.69, 9.17) is 0 Å². The molecule has 26 heavy (non-hydrogen) atoms. The molecular weight excluding hydrogens is 385 g/mol. The van der Waals surface area contributed by atoms with Crippen LogP contribution < -0.4 is 5.32 Å². The number of amides is 1. The zero-order valence-corrected chi connectivity index (χ0v) is 12.7. The van der Waals surface area contributed by atoms with Crippen LogP contribution in [0.25, 0.3) is 0 Å². The van der Waals surface area contributed by atoms with Crippen molar-refractivity contribution in [3.8, 4) is 0 Å². The quantitative estimate of drug-likeness (QED) is 0.769. The fourth-order valence-corrected chi connectivity index (χ4v) is 2.25. The van der Waals surface area contributed by atoms with Gasteiger partial charge in [-0.15, -0.1) is 0 Å². The second-order valence-electron chi connectivity index (χ2n) is 5.40. The first-order valence-electron chi connectivity index (χ1n) is 6.95. The minimum Gasteiger partial charge on any atom is -0.320 e. The van der Waals surface area contributed by atoms with Gasteiger partial charge in [0.2, 0.25) is 0 Å². The van der Waals surface area contributed by atoms with Gasteiger partial charge in [-0.25, -0.2) is 0 Å². The molecule has 0 aliphatic carbocycles. The molecule has 146 valence electrons. The SMILES string of the molecule is CCc1ccccc1NC(=O)C(F)(F)[C@]1(F)OC(F)(F)C(F)(F)C1(F)F. The molecule has 1 N–H and O–H groups in total. The number of hydrogen-bond acceptors (Lipinski definition) is 2. The number of carbonyl (C=O) groups is 1. The topological polar surface area (TPSA) is 38.3 Å². The summed E-state index contributed by atoms with van der Waals surface area (Å²) in [6.45, 7) is 1.52. The molecule has 0 bridgehead atoms. The molecule has 0 saturated carbocycles. The number of nitrogens with one attached hydrogen (secondary N) is 1. The van der Waals surface area contributed by atoms with Crippen molar-refractivity contribution >= 4 is 11.6 Å². The molecular formula is C14H10F9NO2. The zero-order chi connectivity index (χ0) is 20.2. The number of benzene rings is 1. The van der Waals surface area contributed by atoms with E-state index in [-0.39, 0.29) is 17.7 Å². The molecule has 1 heterocycles. The Hall–Kier alpha value is -1.98. The molecule has 1 aromatic carbocycles. The second kappa shape index (κ2) is 5.76. The number of halogens is 9. The lowest BCUT2D eigenvalue weighted by Gasteiger charge is -2.31. The Morgan fingerprint density at radius 1 is 1.04 bits per heavy atom. The molecule has 0 aromatic heterocycles. The maximum absolute atomic E-state index is 14.1. The normalized spacial score (nSPS) is 26.5. The van der Waals surface area contributed by atoms with Gasteiger partial charge in [0.1, 0.15) is 0 Å². The Morgan fingerprint density at radius 3 is 2.04 bits per heavy atom. The number of alkyl halides is 9. The Balaban J connectivity index is 2.44. The minimum atomic E-state index is -6.70. The van der Waals surface area contributed by atoms with Crippen LogP contribution in [-0.2, 0) is 16.0 Å². The van der Waals surface area contributed by atoms with Crippen molar-refractivity contribution in [2.45, 2.75) is 43.1 Å². The number of anilines is 1. The van der Waals surface area contributed by atoms with Gasteiger partial charge in [0, 0.05) is 5.69 Å². The van der Waals surface area contributed by atoms with Crippen molar-refractivity contribution in [2.24, 2.45) is 0 Å². The molecule has 12 heteroatoms. The third-order valence-corrected chi connectivity index (χ3v) is 3.77. The average Bonchev–Trinajstić information content (AvgIpc) is 2.63. The van der Waals surface area contributed by atoms with Crippen molar-refractivity contribution < 1.29 is 49.0 Å². The molecule has 3 nitrogen and oxygen atoms in total. The van der Waals surface area contributed by atoms with E-state index in [0.717, 1.165) is 6.07 Å². The molecule has 0 radical (unpaired) electrons. The molecule has 1 saturated heterocycles. The highest BCUT2D eigenvalue weighted by Gasteiger charge is 2.96. The summed E-state index contributed by atoms with van der Waals surface area (Å²) in [6, 6.07) is 5.04. The van der Waals surface area contributed by atoms with Crippen LogP contribution >= 0.6 is 0 Å². The van der Waals surface area contributed by atoms with Gasteiger partial charge in [-0.3, -0.25) is 9.53 Å². The van der Waals surface area contributed by atoms with Crippen LogP contribution in [0.15, 0.2) is 24.3 Å². The van der Waals surface area contributed by atoms with Crippen LogP contribution in [0.4, 0.5) is 45.2 Å². The first-order valence-corrected chi connectivity index (χ1v) is 6.95. The van der Waals surface area contributed by atoms with E-state index in [1.54, 1.807) is 0 Å². The molecule has 1 amide bonds. The predicted octanol–water partition coefficient (Wildman–Crippen LogP) is 4.38. The molecule has 1 aromatic rings. The van der Waals surface area contributed by atoms with E-state index >= 15 is 0 Å². The summed E-state index contributed by atoms with van der Waals surface area (Å²) in [7, 11) is 0. The van der Waals surface area contributed by atoms with Gasteiger partial charge in [-0.2, -0.15) is 39.5 Å². The number of para-hydroxylation sites is 1. The first-order chi connectivity index (χ1) is 11.7. The third kappa shape index (κ3) is 2.45. The summed E-state index contributed by atoms with van der Waals surface area (Å²) in [5.41, 5.74) is -0.164. The monoisotopic (exact) mass is 395 g/mol. The second-order valence-corrected chi connectivity index (χ2v) is 5.40. The highest BCUT2D eigenvalue weighted by molar-refractivity contribution is 5.97. The zero-order valence-electron chi connectivity index (χ0n) is 12.7. The lowest BCUT2D eigenvalue weighted by atomic mass is 9.99. The average molecular weight is 395 g/mol. The molecule has 1 atom stereocenters. The molecule has 1 aliphatic rings. The van der Waals surface area contributed by atoms with Gasteiger partial charge in [0.05, 0.1) is 0 Å². The van der Waals surface area contributed by atoms with Gasteiger partial charge in [-0.1, -0.05) is 25.1 Å². The first kappa shape index (κ1) is 20.3. The van der Waals surface area contributed by atoms with Gasteiger partial charge in [-0.05, 0) is 18.1 Å².